The van der Waals surface area contributed by atoms with Crippen LogP contribution in [0.25, 0.3) is 0 Å². The fraction of sp³-hybridized carbons (Fsp3) is 0. The molecule has 0 saturated carbocycles. The maximum Gasteiger partial charge on any atom is 0.261 e. The van der Waals surface area contributed by atoms with Crippen molar-refractivity contribution in [3.63, 3.8) is 0 Å². The predicted molar refractivity (Wildman–Crippen MR) is 106 cm³/mol. The first-order valence-corrected chi connectivity index (χ1v) is 9.50. The largest absolute Gasteiger partial charge is 0.292 e. The Morgan fingerprint density at radius 3 is 1.42 bits per heavy atom. The number of carbonyl (C=O) groups excluding carboxylic acids is 2. The van der Waals surface area contributed by atoms with Gasteiger partial charge in [-0.05, 0) is 66.4 Å². The summed E-state index contributed by atoms with van der Waals surface area (Å²) in [6, 6.07) is 25.8. The summed E-state index contributed by atoms with van der Waals surface area (Å²) in [5.74, 6) is -0.492. The van der Waals surface area contributed by atoms with Crippen molar-refractivity contribution in [1.82, 2.24) is 9.44 Å². The van der Waals surface area contributed by atoms with E-state index in [9.17, 15) is 9.59 Å². The maximum absolute atomic E-state index is 12.3. The summed E-state index contributed by atoms with van der Waals surface area (Å²) >= 11 is 2.48. The van der Waals surface area contributed by atoms with Gasteiger partial charge < -0.3 is 0 Å². The zero-order valence-electron chi connectivity index (χ0n) is 13.7. The zero-order valence-corrected chi connectivity index (χ0v) is 15.3. The van der Waals surface area contributed by atoms with E-state index in [1.165, 1.54) is 23.9 Å². The predicted octanol–water partition coefficient (Wildman–Crippen LogP) is 4.56. The lowest BCUT2D eigenvalue weighted by atomic mass is 10.1. The van der Waals surface area contributed by atoms with E-state index in [2.05, 4.69) is 9.44 Å². The number of hydrogen-bond acceptors (Lipinski definition) is 4. The normalized spacial score (nSPS) is 10.2. The number of amides is 2. The van der Waals surface area contributed by atoms with Crippen LogP contribution in [0.4, 0.5) is 0 Å². The van der Waals surface area contributed by atoms with E-state index in [4.69, 9.17) is 0 Å². The van der Waals surface area contributed by atoms with E-state index in [0.717, 1.165) is 9.79 Å². The summed E-state index contributed by atoms with van der Waals surface area (Å²) in [6.45, 7) is 0. The number of rotatable bonds is 6. The number of hydrogen-bond donors (Lipinski definition) is 2. The molecule has 0 aliphatic carbocycles. The number of nitrogens with one attached hydrogen (secondary N) is 2. The van der Waals surface area contributed by atoms with Crippen LogP contribution in [0.3, 0.4) is 0 Å². The molecular formula is C20H16N2O2S2. The Labute approximate surface area is 160 Å². The molecular weight excluding hydrogens is 364 g/mol. The van der Waals surface area contributed by atoms with E-state index >= 15 is 0 Å². The summed E-state index contributed by atoms with van der Waals surface area (Å²) in [5, 5.41) is 0. The molecule has 0 unspecified atom stereocenters. The van der Waals surface area contributed by atoms with E-state index in [1.54, 1.807) is 24.3 Å². The fourth-order valence-corrected chi connectivity index (χ4v) is 3.35. The van der Waals surface area contributed by atoms with Crippen molar-refractivity contribution in [2.75, 3.05) is 0 Å². The van der Waals surface area contributed by atoms with Gasteiger partial charge in [0.1, 0.15) is 0 Å². The SMILES string of the molecule is O=C(NSc1ccccc1)c1cccc(C(=O)NSc2ccccc2)c1. The lowest BCUT2D eigenvalue weighted by Crippen LogP contribution is -2.19. The molecule has 0 spiro atoms. The van der Waals surface area contributed by atoms with Gasteiger partial charge in [-0.1, -0.05) is 42.5 Å². The van der Waals surface area contributed by atoms with Crippen LogP contribution >= 0.6 is 23.9 Å². The molecule has 26 heavy (non-hydrogen) atoms. The molecule has 0 fully saturated rings. The third-order valence-corrected chi connectivity index (χ3v) is 4.99. The smallest absolute Gasteiger partial charge is 0.261 e. The average Bonchev–Trinajstić information content (AvgIpc) is 2.72. The lowest BCUT2D eigenvalue weighted by molar-refractivity contribution is 0.0983. The summed E-state index contributed by atoms with van der Waals surface area (Å²) in [6.07, 6.45) is 0. The summed E-state index contributed by atoms with van der Waals surface area (Å²) < 4.78 is 5.56. The molecule has 2 amide bonds. The Bertz CT molecular complexity index is 816. The van der Waals surface area contributed by atoms with Crippen LogP contribution in [0.2, 0.25) is 0 Å². The van der Waals surface area contributed by atoms with Gasteiger partial charge in [0.15, 0.2) is 0 Å². The molecule has 0 heterocycles. The molecule has 3 rings (SSSR count). The Morgan fingerprint density at radius 1 is 0.577 bits per heavy atom. The van der Waals surface area contributed by atoms with Crippen LogP contribution in [-0.4, -0.2) is 11.8 Å². The minimum Gasteiger partial charge on any atom is -0.292 e. The Balaban J connectivity index is 1.60. The first-order chi connectivity index (χ1) is 12.7. The third-order valence-electron chi connectivity index (χ3n) is 3.40. The Hall–Kier alpha value is -2.70. The molecule has 0 aromatic heterocycles. The standard InChI is InChI=1S/C20H16N2O2S2/c23-19(21-25-17-10-3-1-4-11-17)15-8-7-9-16(14-15)20(24)22-26-18-12-5-2-6-13-18/h1-14H,(H,21,23)(H,22,24). The molecule has 0 saturated heterocycles. The summed E-state index contributed by atoms with van der Waals surface area (Å²) in [5.41, 5.74) is 0.872. The van der Waals surface area contributed by atoms with Gasteiger partial charge >= 0.3 is 0 Å². The number of benzene rings is 3. The highest BCUT2D eigenvalue weighted by molar-refractivity contribution is 7.98. The molecule has 0 bridgehead atoms. The molecule has 0 atom stereocenters. The van der Waals surface area contributed by atoms with E-state index in [1.807, 2.05) is 60.7 Å². The second-order valence-corrected chi connectivity index (χ2v) is 7.03. The van der Waals surface area contributed by atoms with Gasteiger partial charge in [-0.2, -0.15) is 0 Å². The van der Waals surface area contributed by atoms with Gasteiger partial charge in [-0.15, -0.1) is 0 Å². The van der Waals surface area contributed by atoms with Gasteiger partial charge in [-0.3, -0.25) is 19.0 Å². The van der Waals surface area contributed by atoms with Crippen molar-refractivity contribution in [2.24, 2.45) is 0 Å². The average molecular weight is 380 g/mol. The van der Waals surface area contributed by atoms with Gasteiger partial charge in [0.2, 0.25) is 0 Å². The van der Waals surface area contributed by atoms with E-state index in [0.29, 0.717) is 11.1 Å². The van der Waals surface area contributed by atoms with Crippen molar-refractivity contribution >= 4 is 35.7 Å². The van der Waals surface area contributed by atoms with Crippen LogP contribution in [0.15, 0.2) is 94.7 Å². The second-order valence-electron chi connectivity index (χ2n) is 5.27. The van der Waals surface area contributed by atoms with Crippen LogP contribution in [0.5, 0.6) is 0 Å². The highest BCUT2D eigenvalue weighted by Crippen LogP contribution is 2.16. The summed E-state index contributed by atoms with van der Waals surface area (Å²) in [7, 11) is 0. The molecule has 3 aromatic rings. The lowest BCUT2D eigenvalue weighted by Gasteiger charge is -2.07. The first-order valence-electron chi connectivity index (χ1n) is 7.87. The highest BCUT2D eigenvalue weighted by atomic mass is 32.2. The molecule has 0 aliphatic rings. The summed E-state index contributed by atoms with van der Waals surface area (Å²) in [4.78, 5) is 26.5. The minimum atomic E-state index is -0.246. The van der Waals surface area contributed by atoms with Gasteiger partial charge in [0.25, 0.3) is 11.8 Å². The van der Waals surface area contributed by atoms with E-state index < -0.39 is 0 Å². The van der Waals surface area contributed by atoms with Crippen molar-refractivity contribution in [3.05, 3.63) is 96.1 Å². The van der Waals surface area contributed by atoms with Crippen LogP contribution in [0, 0.1) is 0 Å². The van der Waals surface area contributed by atoms with Gasteiger partial charge in [-0.25, -0.2) is 0 Å². The van der Waals surface area contributed by atoms with E-state index in [-0.39, 0.29) is 11.8 Å². The molecule has 3 aromatic carbocycles. The fourth-order valence-electron chi connectivity index (χ4n) is 2.11. The monoisotopic (exact) mass is 380 g/mol. The van der Waals surface area contributed by atoms with Crippen molar-refractivity contribution < 1.29 is 9.59 Å². The first kappa shape index (κ1) is 18.1. The van der Waals surface area contributed by atoms with Crippen LogP contribution in [0.1, 0.15) is 20.7 Å². The molecule has 6 heteroatoms. The van der Waals surface area contributed by atoms with Crippen LogP contribution < -0.4 is 9.44 Å². The van der Waals surface area contributed by atoms with Gasteiger partial charge in [0, 0.05) is 20.9 Å². The molecule has 4 nitrogen and oxygen atoms in total. The third kappa shape index (κ3) is 5.15. The van der Waals surface area contributed by atoms with Crippen molar-refractivity contribution in [3.8, 4) is 0 Å². The zero-order chi connectivity index (χ0) is 18.2. The number of carbonyl (C=O) groups is 2. The topological polar surface area (TPSA) is 58.2 Å². The van der Waals surface area contributed by atoms with Crippen molar-refractivity contribution in [2.45, 2.75) is 9.79 Å². The Kier molecular flexibility index (Phi) is 6.35. The molecule has 0 radical (unpaired) electrons. The van der Waals surface area contributed by atoms with Gasteiger partial charge in [0.05, 0.1) is 0 Å². The molecule has 130 valence electrons. The second kappa shape index (κ2) is 9.12. The Morgan fingerprint density at radius 2 is 1.00 bits per heavy atom. The van der Waals surface area contributed by atoms with Crippen LogP contribution in [-0.2, 0) is 0 Å². The molecule has 0 aliphatic heterocycles. The molecule has 2 N–H and O–H groups in total. The minimum absolute atomic E-state index is 0.246. The quantitative estimate of drug-likeness (QED) is 0.616. The van der Waals surface area contributed by atoms with Crippen molar-refractivity contribution in [1.29, 1.82) is 0 Å². The highest BCUT2D eigenvalue weighted by Gasteiger charge is 2.11. The maximum atomic E-state index is 12.3.